The highest BCUT2D eigenvalue weighted by atomic mass is 79.9. The van der Waals surface area contributed by atoms with Gasteiger partial charge in [0.1, 0.15) is 0 Å². The maximum atomic E-state index is 13.5. The van der Waals surface area contributed by atoms with E-state index in [1.807, 2.05) is 54.6 Å². The lowest BCUT2D eigenvalue weighted by Gasteiger charge is -2.18. The van der Waals surface area contributed by atoms with Crippen molar-refractivity contribution in [2.75, 3.05) is 0 Å². The summed E-state index contributed by atoms with van der Waals surface area (Å²) in [6.07, 6.45) is 0. The van der Waals surface area contributed by atoms with Gasteiger partial charge < -0.3 is 4.57 Å². The molecule has 0 aliphatic carbocycles. The van der Waals surface area contributed by atoms with Crippen LogP contribution < -0.4 is 10.6 Å². The van der Waals surface area contributed by atoms with Gasteiger partial charge in [-0.25, -0.2) is 0 Å². The molecule has 1 nitrogen and oxygen atoms in total. The van der Waals surface area contributed by atoms with Gasteiger partial charge in [-0.05, 0) is 5.56 Å². The Morgan fingerprint density at radius 1 is 0.889 bits per heavy atom. The third-order valence-electron chi connectivity index (χ3n) is 3.32. The quantitative estimate of drug-likeness (QED) is 0.531. The van der Waals surface area contributed by atoms with Crippen molar-refractivity contribution < 1.29 is 4.57 Å². The summed E-state index contributed by atoms with van der Waals surface area (Å²) in [6, 6.07) is 17.7. The van der Waals surface area contributed by atoms with Crippen LogP contribution in [0.3, 0.4) is 0 Å². The summed E-state index contributed by atoms with van der Waals surface area (Å²) < 4.78 is 13.4. The maximum absolute atomic E-state index is 13.5. The molecule has 0 bridgehead atoms. The van der Waals surface area contributed by atoms with Gasteiger partial charge in [0.25, 0.3) is 0 Å². The summed E-state index contributed by atoms with van der Waals surface area (Å²) in [5.41, 5.74) is 1.13. The summed E-state index contributed by atoms with van der Waals surface area (Å²) in [4.78, 5) is 0.0970. The molecule has 0 saturated carbocycles. The van der Waals surface area contributed by atoms with Gasteiger partial charge in [0, 0.05) is 10.6 Å². The third kappa shape index (κ3) is 1.68. The number of benzene rings is 2. The van der Waals surface area contributed by atoms with Crippen molar-refractivity contribution in [1.82, 2.24) is 0 Å². The summed E-state index contributed by atoms with van der Waals surface area (Å²) >= 11 is 7.29. The Hall–Kier alpha value is -0.370. The average molecular weight is 386 g/mol. The van der Waals surface area contributed by atoms with Crippen molar-refractivity contribution in [3.63, 3.8) is 0 Å². The number of hydrogen-bond acceptors (Lipinski definition) is 1. The van der Waals surface area contributed by atoms with E-state index in [1.165, 1.54) is 0 Å². The van der Waals surface area contributed by atoms with Gasteiger partial charge in [-0.1, -0.05) is 86.5 Å². The van der Waals surface area contributed by atoms with Crippen molar-refractivity contribution in [2.45, 2.75) is 9.40 Å². The Kier molecular flexibility index (Phi) is 3.25. The van der Waals surface area contributed by atoms with E-state index in [4.69, 9.17) is 0 Å². The highest BCUT2D eigenvalue weighted by Crippen LogP contribution is 2.63. The molecule has 1 aliphatic rings. The van der Waals surface area contributed by atoms with E-state index in [1.54, 1.807) is 0 Å². The maximum Gasteiger partial charge on any atom is 0.158 e. The molecule has 92 valence electrons. The van der Waals surface area contributed by atoms with Gasteiger partial charge in [-0.3, -0.25) is 0 Å². The lowest BCUT2D eigenvalue weighted by molar-refractivity contribution is 0.587. The Morgan fingerprint density at radius 3 is 2.22 bits per heavy atom. The molecular weight excluding hydrogens is 375 g/mol. The minimum absolute atomic E-state index is 0.0789. The first-order chi connectivity index (χ1) is 8.65. The van der Waals surface area contributed by atoms with Crippen molar-refractivity contribution in [3.05, 3.63) is 60.2 Å². The van der Waals surface area contributed by atoms with Gasteiger partial charge >= 0.3 is 0 Å². The number of alkyl halides is 2. The molecule has 3 unspecified atom stereocenters. The second-order valence-corrected chi connectivity index (χ2v) is 9.88. The van der Waals surface area contributed by atoms with Crippen LogP contribution >= 0.6 is 39.0 Å². The number of rotatable bonds is 1. The molecule has 0 spiro atoms. The van der Waals surface area contributed by atoms with E-state index in [-0.39, 0.29) is 9.40 Å². The smallest absolute Gasteiger partial charge is 0.158 e. The monoisotopic (exact) mass is 384 g/mol. The first-order valence-corrected chi connectivity index (χ1v) is 9.29. The zero-order chi connectivity index (χ0) is 12.8. The highest BCUT2D eigenvalue weighted by molar-refractivity contribution is 9.13. The predicted molar refractivity (Wildman–Crippen MR) is 84.1 cm³/mol. The van der Waals surface area contributed by atoms with E-state index < -0.39 is 7.14 Å². The molecule has 0 aromatic heterocycles. The normalized spacial score (nSPS) is 30.1. The van der Waals surface area contributed by atoms with Crippen LogP contribution in [0.15, 0.2) is 54.6 Å². The number of halogens is 2. The third-order valence-corrected chi connectivity index (χ3v) is 10.9. The summed E-state index contributed by atoms with van der Waals surface area (Å²) in [7, 11) is -2.59. The van der Waals surface area contributed by atoms with Crippen LogP contribution in [-0.2, 0) is 4.57 Å². The van der Waals surface area contributed by atoms with Gasteiger partial charge in [0.05, 0.1) is 9.40 Å². The fourth-order valence-corrected chi connectivity index (χ4v) is 8.53. The Labute approximate surface area is 123 Å². The molecule has 0 N–H and O–H groups in total. The van der Waals surface area contributed by atoms with E-state index in [9.17, 15) is 4.57 Å². The first kappa shape index (κ1) is 12.7. The van der Waals surface area contributed by atoms with Gasteiger partial charge in [-0.2, -0.15) is 0 Å². The van der Waals surface area contributed by atoms with Crippen LogP contribution in [0.25, 0.3) is 0 Å². The van der Waals surface area contributed by atoms with E-state index in [0.29, 0.717) is 0 Å². The number of fused-ring (bicyclic) bond motifs is 1. The largest absolute Gasteiger partial charge is 0.312 e. The standard InChI is InChI=1S/C14H11Br2OP/c15-13-11-8-4-5-9-12(11)18(17,14(13)16)10-6-2-1-3-7-10/h1-9,13-14H. The zero-order valence-corrected chi connectivity index (χ0v) is 13.5. The molecule has 0 amide bonds. The Bertz CT molecular complexity index is 627. The second-order valence-electron chi connectivity index (χ2n) is 4.33. The first-order valence-electron chi connectivity index (χ1n) is 5.68. The summed E-state index contributed by atoms with van der Waals surface area (Å²) in [6.45, 7) is 0. The lowest BCUT2D eigenvalue weighted by Crippen LogP contribution is -2.17. The molecule has 0 radical (unpaired) electrons. The molecule has 0 saturated heterocycles. The number of hydrogen-bond donors (Lipinski definition) is 0. The van der Waals surface area contributed by atoms with Gasteiger partial charge in [-0.15, -0.1) is 0 Å². The van der Waals surface area contributed by atoms with Crippen LogP contribution in [-0.4, -0.2) is 4.57 Å². The average Bonchev–Trinajstić information content (AvgIpc) is 2.64. The lowest BCUT2D eigenvalue weighted by atomic mass is 10.2. The van der Waals surface area contributed by atoms with E-state index >= 15 is 0 Å². The summed E-state index contributed by atoms with van der Waals surface area (Å²) in [5, 5.41) is 1.89. The van der Waals surface area contributed by atoms with Crippen LogP contribution in [0.5, 0.6) is 0 Å². The van der Waals surface area contributed by atoms with Crippen molar-refractivity contribution >= 4 is 49.6 Å². The summed E-state index contributed by atoms with van der Waals surface area (Å²) in [5.74, 6) is 0. The zero-order valence-electron chi connectivity index (χ0n) is 9.46. The van der Waals surface area contributed by atoms with Crippen LogP contribution in [0.1, 0.15) is 10.4 Å². The Balaban J connectivity index is 2.27. The van der Waals surface area contributed by atoms with Gasteiger partial charge in [0.2, 0.25) is 0 Å². The molecule has 1 aliphatic heterocycles. The molecule has 3 atom stereocenters. The fraction of sp³-hybridized carbons (Fsp3) is 0.143. The van der Waals surface area contributed by atoms with E-state index in [0.717, 1.165) is 16.2 Å². The van der Waals surface area contributed by atoms with Crippen LogP contribution in [0, 0.1) is 0 Å². The molecule has 2 aromatic rings. The SMILES string of the molecule is O=P1(c2ccccc2)c2ccccc2C(Br)C1Br. The molecule has 4 heteroatoms. The second kappa shape index (κ2) is 4.63. The minimum Gasteiger partial charge on any atom is -0.312 e. The fourth-order valence-electron chi connectivity index (χ4n) is 2.42. The molecule has 2 aromatic carbocycles. The van der Waals surface area contributed by atoms with Crippen molar-refractivity contribution in [1.29, 1.82) is 0 Å². The molecule has 0 fully saturated rings. The van der Waals surface area contributed by atoms with Crippen molar-refractivity contribution in [3.8, 4) is 0 Å². The van der Waals surface area contributed by atoms with E-state index in [2.05, 4.69) is 31.9 Å². The topological polar surface area (TPSA) is 17.1 Å². The van der Waals surface area contributed by atoms with Crippen LogP contribution in [0.2, 0.25) is 0 Å². The van der Waals surface area contributed by atoms with Crippen LogP contribution in [0.4, 0.5) is 0 Å². The molecule has 3 rings (SSSR count). The van der Waals surface area contributed by atoms with Crippen molar-refractivity contribution in [2.24, 2.45) is 0 Å². The molecule has 18 heavy (non-hydrogen) atoms. The van der Waals surface area contributed by atoms with Gasteiger partial charge in [0.15, 0.2) is 7.14 Å². The Morgan fingerprint density at radius 2 is 1.50 bits per heavy atom. The minimum atomic E-state index is -2.59. The highest BCUT2D eigenvalue weighted by Gasteiger charge is 2.47. The molecule has 1 heterocycles. The predicted octanol–water partition coefficient (Wildman–Crippen LogP) is 4.17. The molecular formula is C14H11Br2OP.